The van der Waals surface area contributed by atoms with E-state index in [-0.39, 0.29) is 24.5 Å². The van der Waals surface area contributed by atoms with Gasteiger partial charge in [0.1, 0.15) is 5.60 Å². The van der Waals surface area contributed by atoms with Crippen LogP contribution in [-0.4, -0.2) is 42.1 Å². The quantitative estimate of drug-likeness (QED) is 0.734. The molecular weight excluding hydrogens is 208 g/mol. The molecule has 0 aromatic heterocycles. The van der Waals surface area contributed by atoms with Crippen molar-refractivity contribution in [2.45, 2.75) is 57.6 Å². The summed E-state index contributed by atoms with van der Waals surface area (Å²) >= 11 is 0. The molecule has 0 unspecified atom stereocenters. The maximum atomic E-state index is 11.9. The largest absolute Gasteiger partial charge is 0.444 e. The van der Waals surface area contributed by atoms with Crippen molar-refractivity contribution in [3.8, 4) is 0 Å². The van der Waals surface area contributed by atoms with Gasteiger partial charge < -0.3 is 9.47 Å². The summed E-state index contributed by atoms with van der Waals surface area (Å²) in [7, 11) is 1.72. The second-order valence-electron chi connectivity index (χ2n) is 5.41. The molecule has 0 saturated carbocycles. The lowest BCUT2D eigenvalue weighted by Gasteiger charge is -2.55. The Morgan fingerprint density at radius 3 is 2.31 bits per heavy atom. The normalized spacial score (nSPS) is 33.2. The van der Waals surface area contributed by atoms with Crippen LogP contribution in [0.1, 0.15) is 33.6 Å². The van der Waals surface area contributed by atoms with Gasteiger partial charge >= 0.3 is 6.09 Å². The first kappa shape index (κ1) is 11.7. The molecule has 3 rings (SSSR count). The fourth-order valence-corrected chi connectivity index (χ4v) is 2.24. The molecule has 5 nitrogen and oxygen atoms in total. The SMILES string of the molecule is CO[C@@H]1C[C@@H]2N[C@H](C1)N2C(=O)OC(C)(C)C. The van der Waals surface area contributed by atoms with Gasteiger partial charge in [0, 0.05) is 20.0 Å². The molecule has 1 N–H and O–H groups in total. The van der Waals surface area contributed by atoms with E-state index in [9.17, 15) is 4.79 Å². The van der Waals surface area contributed by atoms with E-state index in [0.717, 1.165) is 12.8 Å². The summed E-state index contributed by atoms with van der Waals surface area (Å²) in [5, 5.41) is 3.31. The average Bonchev–Trinajstić information content (AvgIpc) is 2.14. The van der Waals surface area contributed by atoms with Gasteiger partial charge in [0.05, 0.1) is 18.4 Å². The average molecular weight is 228 g/mol. The van der Waals surface area contributed by atoms with Gasteiger partial charge in [0.15, 0.2) is 0 Å². The van der Waals surface area contributed by atoms with Crippen LogP contribution in [0.5, 0.6) is 0 Å². The molecule has 5 heteroatoms. The smallest absolute Gasteiger partial charge is 0.412 e. The molecule has 0 spiro atoms. The van der Waals surface area contributed by atoms with Crippen molar-refractivity contribution >= 4 is 6.09 Å². The first-order valence-electron chi connectivity index (χ1n) is 5.71. The molecule has 3 heterocycles. The summed E-state index contributed by atoms with van der Waals surface area (Å²) in [5.41, 5.74) is -0.429. The van der Waals surface area contributed by atoms with Crippen LogP contribution in [0.4, 0.5) is 4.79 Å². The first-order valence-corrected chi connectivity index (χ1v) is 5.71. The molecular formula is C11H20N2O3. The minimum Gasteiger partial charge on any atom is -0.444 e. The Morgan fingerprint density at radius 2 is 1.88 bits per heavy atom. The summed E-state index contributed by atoms with van der Waals surface area (Å²) in [5.74, 6) is 0. The number of methoxy groups -OCH3 is 1. The lowest BCUT2D eigenvalue weighted by Crippen LogP contribution is -2.75. The van der Waals surface area contributed by atoms with Crippen molar-refractivity contribution < 1.29 is 14.3 Å². The number of ether oxygens (including phenoxy) is 2. The van der Waals surface area contributed by atoms with E-state index >= 15 is 0 Å². The molecule has 3 saturated heterocycles. The van der Waals surface area contributed by atoms with Gasteiger partial charge in [-0.2, -0.15) is 0 Å². The van der Waals surface area contributed by atoms with Gasteiger partial charge in [-0.3, -0.25) is 10.2 Å². The van der Waals surface area contributed by atoms with Crippen LogP contribution in [0, 0.1) is 0 Å². The zero-order chi connectivity index (χ0) is 11.9. The minimum absolute atomic E-state index is 0.0820. The highest BCUT2D eigenvalue weighted by Gasteiger charge is 2.49. The number of hydrogen-bond donors (Lipinski definition) is 1. The summed E-state index contributed by atoms with van der Waals surface area (Å²) in [6.45, 7) is 5.64. The Labute approximate surface area is 96.1 Å². The molecule has 3 atom stereocenters. The summed E-state index contributed by atoms with van der Waals surface area (Å²) < 4.78 is 10.7. The number of fused-ring (bicyclic) bond motifs is 2. The van der Waals surface area contributed by atoms with E-state index in [4.69, 9.17) is 9.47 Å². The monoisotopic (exact) mass is 228 g/mol. The van der Waals surface area contributed by atoms with Crippen molar-refractivity contribution in [2.24, 2.45) is 0 Å². The van der Waals surface area contributed by atoms with E-state index in [0.29, 0.717) is 0 Å². The summed E-state index contributed by atoms with van der Waals surface area (Å²) in [6, 6.07) is 0. The molecule has 0 radical (unpaired) electrons. The lowest BCUT2D eigenvalue weighted by molar-refractivity contribution is -0.117. The van der Waals surface area contributed by atoms with Crippen LogP contribution in [0.25, 0.3) is 0 Å². The second kappa shape index (κ2) is 3.89. The van der Waals surface area contributed by atoms with Gasteiger partial charge in [-0.1, -0.05) is 0 Å². The molecule has 16 heavy (non-hydrogen) atoms. The summed E-state index contributed by atoms with van der Waals surface area (Å²) in [6.07, 6.45) is 1.88. The van der Waals surface area contributed by atoms with Crippen LogP contribution in [0.15, 0.2) is 0 Å². The van der Waals surface area contributed by atoms with Crippen LogP contribution in [0.3, 0.4) is 0 Å². The molecule has 2 bridgehead atoms. The van der Waals surface area contributed by atoms with E-state index < -0.39 is 5.60 Å². The van der Waals surface area contributed by atoms with E-state index in [2.05, 4.69) is 5.32 Å². The molecule has 3 aliphatic rings. The number of carbonyl (C=O) groups excluding carboxylic acids is 1. The van der Waals surface area contributed by atoms with Crippen LogP contribution in [0.2, 0.25) is 0 Å². The van der Waals surface area contributed by atoms with Crippen LogP contribution in [-0.2, 0) is 9.47 Å². The fraction of sp³-hybridized carbons (Fsp3) is 0.909. The Kier molecular flexibility index (Phi) is 2.84. The molecule has 0 aromatic carbocycles. The number of rotatable bonds is 1. The zero-order valence-electron chi connectivity index (χ0n) is 10.3. The van der Waals surface area contributed by atoms with E-state index in [1.165, 1.54) is 0 Å². The molecule has 3 aliphatic heterocycles. The molecule has 3 fully saturated rings. The highest BCUT2D eigenvalue weighted by molar-refractivity contribution is 5.70. The van der Waals surface area contributed by atoms with Gasteiger partial charge in [0.25, 0.3) is 0 Å². The number of hydrogen-bond acceptors (Lipinski definition) is 4. The van der Waals surface area contributed by atoms with Gasteiger partial charge in [-0.25, -0.2) is 4.79 Å². The van der Waals surface area contributed by atoms with Crippen LogP contribution >= 0.6 is 0 Å². The van der Waals surface area contributed by atoms with E-state index in [1.807, 2.05) is 20.8 Å². The molecule has 92 valence electrons. The highest BCUT2D eigenvalue weighted by atomic mass is 16.6. The fourth-order valence-electron chi connectivity index (χ4n) is 2.24. The molecule has 1 amide bonds. The highest BCUT2D eigenvalue weighted by Crippen LogP contribution is 2.32. The van der Waals surface area contributed by atoms with Crippen molar-refractivity contribution in [3.05, 3.63) is 0 Å². The third-order valence-electron chi connectivity index (χ3n) is 2.97. The number of nitrogens with zero attached hydrogens (tertiary/aromatic N) is 1. The lowest BCUT2D eigenvalue weighted by atomic mass is 9.95. The Balaban J connectivity index is 1.92. The summed E-state index contributed by atoms with van der Waals surface area (Å²) in [4.78, 5) is 13.7. The topological polar surface area (TPSA) is 50.8 Å². The van der Waals surface area contributed by atoms with E-state index in [1.54, 1.807) is 12.0 Å². The third kappa shape index (κ3) is 2.15. The first-order chi connectivity index (χ1) is 7.40. The Hall–Kier alpha value is -0.810. The van der Waals surface area contributed by atoms with Crippen molar-refractivity contribution in [3.63, 3.8) is 0 Å². The molecule has 0 aromatic rings. The van der Waals surface area contributed by atoms with Gasteiger partial charge in [-0.15, -0.1) is 0 Å². The number of amides is 1. The number of piperidine rings is 2. The predicted molar refractivity (Wildman–Crippen MR) is 58.8 cm³/mol. The molecule has 0 aliphatic carbocycles. The second-order valence-corrected chi connectivity index (χ2v) is 5.41. The van der Waals surface area contributed by atoms with Crippen molar-refractivity contribution in [1.29, 1.82) is 0 Å². The predicted octanol–water partition coefficient (Wildman–Crippen LogP) is 1.29. The maximum absolute atomic E-state index is 11.9. The maximum Gasteiger partial charge on any atom is 0.412 e. The van der Waals surface area contributed by atoms with Crippen molar-refractivity contribution in [1.82, 2.24) is 10.2 Å². The zero-order valence-corrected chi connectivity index (χ0v) is 10.3. The van der Waals surface area contributed by atoms with Crippen LogP contribution < -0.4 is 5.32 Å². The standard InChI is InChI=1S/C11H20N2O3/c1-11(2,3)16-10(14)13-8-5-7(15-4)6-9(13)12-8/h7-9,12H,5-6H2,1-4H3/t7-,8-,9+. The minimum atomic E-state index is -0.429. The number of carbonyl (C=O) groups is 1. The third-order valence-corrected chi connectivity index (χ3v) is 2.97. The number of nitrogens with one attached hydrogen (secondary N) is 1. The Morgan fingerprint density at radius 1 is 1.31 bits per heavy atom. The van der Waals surface area contributed by atoms with Gasteiger partial charge in [0.2, 0.25) is 0 Å². The van der Waals surface area contributed by atoms with Crippen molar-refractivity contribution in [2.75, 3.05) is 7.11 Å². The van der Waals surface area contributed by atoms with Gasteiger partial charge in [-0.05, 0) is 20.8 Å². The Bertz CT molecular complexity index is 275.